The number of halogens is 1. The Morgan fingerprint density at radius 1 is 0.971 bits per heavy atom. The Bertz CT molecular complexity index is 991. The summed E-state index contributed by atoms with van der Waals surface area (Å²) < 4.78 is 23.3. The molecule has 34 heavy (non-hydrogen) atoms. The fraction of sp³-hybridized carbons (Fsp3) is 0.333. The Morgan fingerprint density at radius 3 is 2.21 bits per heavy atom. The van der Waals surface area contributed by atoms with Gasteiger partial charge in [0.1, 0.15) is 30.8 Å². The molecule has 0 saturated heterocycles. The molecule has 1 unspecified atom stereocenters. The van der Waals surface area contributed by atoms with Gasteiger partial charge in [-0.3, -0.25) is 15.5 Å². The molecule has 2 rings (SSSR count). The van der Waals surface area contributed by atoms with Crippen molar-refractivity contribution >= 4 is 23.9 Å². The minimum atomic E-state index is -1.38. The van der Waals surface area contributed by atoms with Crippen LogP contribution in [0.25, 0.3) is 0 Å². The molecule has 2 aromatic rings. The molecular formula is C24H29FN4O5. The fourth-order valence-electron chi connectivity index (χ4n) is 2.66. The third-order valence-corrected chi connectivity index (χ3v) is 4.31. The molecule has 10 heteroatoms. The number of benzene rings is 2. The summed E-state index contributed by atoms with van der Waals surface area (Å²) >= 11 is 0. The average Bonchev–Trinajstić information content (AvgIpc) is 2.79. The van der Waals surface area contributed by atoms with Crippen LogP contribution in [0.1, 0.15) is 37.5 Å². The maximum atomic E-state index is 13.2. The van der Waals surface area contributed by atoms with Gasteiger partial charge in [-0.25, -0.2) is 14.0 Å². The van der Waals surface area contributed by atoms with Gasteiger partial charge in [-0.05, 0) is 31.9 Å². The SMILES string of the molecule is CC(C)(C)OC(=O)NC(CF)C(=O)NCc1ccc(C(=N)NC(=O)OCc2ccccc2)cc1. The van der Waals surface area contributed by atoms with E-state index in [0.717, 1.165) is 5.56 Å². The number of hydrogen-bond acceptors (Lipinski definition) is 6. The number of hydrogen-bond donors (Lipinski definition) is 4. The van der Waals surface area contributed by atoms with Crippen molar-refractivity contribution in [3.63, 3.8) is 0 Å². The first-order valence-electron chi connectivity index (χ1n) is 10.6. The Morgan fingerprint density at radius 2 is 1.62 bits per heavy atom. The third kappa shape index (κ3) is 9.27. The number of ether oxygens (including phenoxy) is 2. The third-order valence-electron chi connectivity index (χ3n) is 4.31. The van der Waals surface area contributed by atoms with Gasteiger partial charge in [0, 0.05) is 12.1 Å². The van der Waals surface area contributed by atoms with Gasteiger partial charge in [-0.2, -0.15) is 0 Å². The van der Waals surface area contributed by atoms with Gasteiger partial charge >= 0.3 is 12.2 Å². The maximum absolute atomic E-state index is 13.2. The standard InChI is InChI=1S/C24H29FN4O5/c1-24(2,3)34-23(32)28-19(13-25)21(30)27-14-16-9-11-18(12-10-16)20(26)29-22(31)33-15-17-7-5-4-6-8-17/h4-12,19H,13-15H2,1-3H3,(H,27,30)(H,28,32)(H2,26,29,31). The molecule has 2 aromatic carbocycles. The van der Waals surface area contributed by atoms with Gasteiger partial charge in [-0.15, -0.1) is 0 Å². The number of nitrogens with one attached hydrogen (secondary N) is 4. The molecule has 0 saturated carbocycles. The molecule has 0 aliphatic heterocycles. The minimum absolute atomic E-state index is 0.0749. The van der Waals surface area contributed by atoms with Crippen LogP contribution >= 0.6 is 0 Å². The summed E-state index contributed by atoms with van der Waals surface area (Å²) in [5.74, 6) is -0.847. The first kappa shape index (κ1) is 26.3. The Hall–Kier alpha value is -3.95. The normalized spacial score (nSPS) is 11.6. The summed E-state index contributed by atoms with van der Waals surface area (Å²) in [4.78, 5) is 35.8. The average molecular weight is 473 g/mol. The maximum Gasteiger partial charge on any atom is 0.413 e. The smallest absolute Gasteiger partial charge is 0.413 e. The second-order valence-electron chi connectivity index (χ2n) is 8.33. The quantitative estimate of drug-likeness (QED) is 0.346. The van der Waals surface area contributed by atoms with E-state index < -0.39 is 36.4 Å². The van der Waals surface area contributed by atoms with Gasteiger partial charge < -0.3 is 20.1 Å². The number of amidine groups is 1. The van der Waals surface area contributed by atoms with E-state index in [2.05, 4.69) is 16.0 Å². The molecule has 4 N–H and O–H groups in total. The molecule has 3 amide bonds. The van der Waals surface area contributed by atoms with Crippen molar-refractivity contribution in [2.24, 2.45) is 0 Å². The summed E-state index contributed by atoms with van der Waals surface area (Å²) in [5, 5.41) is 15.1. The van der Waals surface area contributed by atoms with E-state index in [0.29, 0.717) is 11.1 Å². The molecule has 0 aliphatic carbocycles. The molecule has 0 radical (unpaired) electrons. The number of carbonyl (C=O) groups is 3. The van der Waals surface area contributed by atoms with E-state index in [1.54, 1.807) is 45.0 Å². The number of carbonyl (C=O) groups excluding carboxylic acids is 3. The molecule has 0 aliphatic rings. The van der Waals surface area contributed by atoms with Crippen LogP contribution in [-0.2, 0) is 27.4 Å². The molecule has 0 heterocycles. The molecule has 0 bridgehead atoms. The van der Waals surface area contributed by atoms with Gasteiger partial charge in [0.15, 0.2) is 0 Å². The van der Waals surface area contributed by atoms with Crippen LogP contribution in [0.3, 0.4) is 0 Å². The van der Waals surface area contributed by atoms with Crippen LogP contribution < -0.4 is 16.0 Å². The molecule has 1 atom stereocenters. The van der Waals surface area contributed by atoms with Crippen LogP contribution in [0.5, 0.6) is 0 Å². The summed E-state index contributed by atoms with van der Waals surface area (Å²) in [6.45, 7) is 4.04. The first-order chi connectivity index (χ1) is 16.1. The van der Waals surface area contributed by atoms with Crippen molar-refractivity contribution in [3.8, 4) is 0 Å². The highest BCUT2D eigenvalue weighted by molar-refractivity contribution is 6.04. The van der Waals surface area contributed by atoms with Gasteiger partial charge in [0.05, 0.1) is 0 Å². The number of amides is 3. The highest BCUT2D eigenvalue weighted by atomic mass is 19.1. The van der Waals surface area contributed by atoms with Crippen molar-refractivity contribution in [1.82, 2.24) is 16.0 Å². The highest BCUT2D eigenvalue weighted by Crippen LogP contribution is 2.08. The van der Waals surface area contributed by atoms with E-state index in [9.17, 15) is 18.8 Å². The number of alkyl carbamates (subject to hydrolysis) is 2. The van der Waals surface area contributed by atoms with Crippen LogP contribution in [0.4, 0.5) is 14.0 Å². The zero-order chi connectivity index (χ0) is 25.1. The molecule has 0 fully saturated rings. The van der Waals surface area contributed by atoms with E-state index >= 15 is 0 Å². The lowest BCUT2D eigenvalue weighted by Gasteiger charge is -2.22. The molecule has 182 valence electrons. The predicted octanol–water partition coefficient (Wildman–Crippen LogP) is 3.42. The number of alkyl halides is 1. The largest absolute Gasteiger partial charge is 0.444 e. The Balaban J connectivity index is 1.80. The van der Waals surface area contributed by atoms with E-state index in [1.165, 1.54) is 0 Å². The fourth-order valence-corrected chi connectivity index (χ4v) is 2.66. The van der Waals surface area contributed by atoms with Crippen LogP contribution in [-0.4, -0.2) is 42.2 Å². The summed E-state index contributed by atoms with van der Waals surface area (Å²) in [5.41, 5.74) is 1.16. The van der Waals surface area contributed by atoms with E-state index in [-0.39, 0.29) is 19.0 Å². The molecule has 0 aromatic heterocycles. The van der Waals surface area contributed by atoms with Crippen molar-refractivity contribution in [1.29, 1.82) is 5.41 Å². The van der Waals surface area contributed by atoms with E-state index in [4.69, 9.17) is 14.9 Å². The molecular weight excluding hydrogens is 443 g/mol. The lowest BCUT2D eigenvalue weighted by atomic mass is 10.1. The number of rotatable bonds is 8. The van der Waals surface area contributed by atoms with Crippen molar-refractivity contribution in [2.75, 3.05) is 6.67 Å². The second kappa shape index (κ2) is 12.3. The predicted molar refractivity (Wildman–Crippen MR) is 124 cm³/mol. The minimum Gasteiger partial charge on any atom is -0.444 e. The zero-order valence-electron chi connectivity index (χ0n) is 19.3. The summed E-state index contributed by atoms with van der Waals surface area (Å²) in [7, 11) is 0. The topological polar surface area (TPSA) is 130 Å². The summed E-state index contributed by atoms with van der Waals surface area (Å²) in [6.07, 6.45) is -1.64. The highest BCUT2D eigenvalue weighted by Gasteiger charge is 2.24. The van der Waals surface area contributed by atoms with Crippen LogP contribution in [0, 0.1) is 5.41 Å². The monoisotopic (exact) mass is 472 g/mol. The summed E-state index contributed by atoms with van der Waals surface area (Å²) in [6, 6.07) is 14.2. The van der Waals surface area contributed by atoms with Crippen molar-refractivity contribution in [2.45, 2.75) is 45.6 Å². The van der Waals surface area contributed by atoms with Gasteiger partial charge in [0.2, 0.25) is 5.91 Å². The molecule has 0 spiro atoms. The van der Waals surface area contributed by atoms with E-state index in [1.807, 2.05) is 30.3 Å². The van der Waals surface area contributed by atoms with Crippen LogP contribution in [0.15, 0.2) is 54.6 Å². The first-order valence-corrected chi connectivity index (χ1v) is 10.6. The Kier molecular flexibility index (Phi) is 9.54. The zero-order valence-corrected chi connectivity index (χ0v) is 19.3. The van der Waals surface area contributed by atoms with Crippen LogP contribution in [0.2, 0.25) is 0 Å². The van der Waals surface area contributed by atoms with Gasteiger partial charge in [-0.1, -0.05) is 54.6 Å². The molecule has 9 nitrogen and oxygen atoms in total. The van der Waals surface area contributed by atoms with Crippen molar-refractivity contribution < 1.29 is 28.2 Å². The second-order valence-corrected chi connectivity index (χ2v) is 8.33. The lowest BCUT2D eigenvalue weighted by Crippen LogP contribution is -2.49. The lowest BCUT2D eigenvalue weighted by molar-refractivity contribution is -0.123. The Labute approximate surface area is 197 Å². The van der Waals surface area contributed by atoms with Crippen molar-refractivity contribution in [3.05, 3.63) is 71.3 Å². The van der Waals surface area contributed by atoms with Gasteiger partial charge in [0.25, 0.3) is 0 Å².